The molecule has 0 radical (unpaired) electrons. The van der Waals surface area contributed by atoms with Crippen molar-refractivity contribution in [3.05, 3.63) is 34.9 Å². The molecule has 0 amide bonds. The number of aliphatic hydroxyl groups excluding tert-OH is 1. The minimum atomic E-state index is -1.43. The Hall–Kier alpha value is -1.08. The van der Waals surface area contributed by atoms with Crippen molar-refractivity contribution < 1.29 is 28.5 Å². The van der Waals surface area contributed by atoms with E-state index in [1.54, 1.807) is 0 Å². The Kier molecular flexibility index (Phi) is 3.73. The first kappa shape index (κ1) is 14.8. The summed E-state index contributed by atoms with van der Waals surface area (Å²) in [7, 11) is 0. The Morgan fingerprint density at radius 3 is 2.19 bits per heavy atom. The first-order valence-corrected chi connectivity index (χ1v) is 7.08. The molecule has 21 heavy (non-hydrogen) atoms. The smallest absolute Gasteiger partial charge is 0.168 e. The van der Waals surface area contributed by atoms with Crippen LogP contribution >= 0.6 is 0 Å². The second kappa shape index (κ2) is 5.28. The molecule has 1 saturated carbocycles. The van der Waals surface area contributed by atoms with Crippen LogP contribution in [0, 0.1) is 11.6 Å². The van der Waals surface area contributed by atoms with Crippen LogP contribution in [0.3, 0.4) is 0 Å². The van der Waals surface area contributed by atoms with Gasteiger partial charge in [0.25, 0.3) is 0 Å². The van der Waals surface area contributed by atoms with Gasteiger partial charge in [0.2, 0.25) is 0 Å². The van der Waals surface area contributed by atoms with E-state index >= 15 is 0 Å². The van der Waals surface area contributed by atoms with Crippen molar-refractivity contribution in [2.75, 3.05) is 13.2 Å². The molecule has 116 valence electrons. The summed E-state index contributed by atoms with van der Waals surface area (Å²) in [4.78, 5) is 0. The maximum Gasteiger partial charge on any atom is 0.168 e. The summed E-state index contributed by atoms with van der Waals surface area (Å²) < 4.78 is 39.0. The van der Waals surface area contributed by atoms with Gasteiger partial charge in [-0.15, -0.1) is 0 Å². The molecule has 1 spiro atoms. The molecule has 4 nitrogen and oxygen atoms in total. The Labute approximate surface area is 121 Å². The summed E-state index contributed by atoms with van der Waals surface area (Å²) in [6.45, 7) is 0.464. The highest BCUT2D eigenvalue weighted by Gasteiger charge is 2.47. The maximum atomic E-state index is 14.1. The molecule has 3 rings (SSSR count). The van der Waals surface area contributed by atoms with Crippen molar-refractivity contribution in [3.63, 3.8) is 0 Å². The molecule has 0 bridgehead atoms. The molecule has 2 N–H and O–H groups in total. The van der Waals surface area contributed by atoms with Gasteiger partial charge in [-0.2, -0.15) is 0 Å². The van der Waals surface area contributed by atoms with Crippen LogP contribution in [0.15, 0.2) is 12.1 Å². The zero-order chi connectivity index (χ0) is 15.1. The Morgan fingerprint density at radius 2 is 1.62 bits per heavy atom. The predicted octanol–water partition coefficient (Wildman–Crippen LogP) is 1.96. The van der Waals surface area contributed by atoms with E-state index in [-0.39, 0.29) is 24.0 Å². The Morgan fingerprint density at radius 1 is 1.00 bits per heavy atom. The highest BCUT2D eigenvalue weighted by Crippen LogP contribution is 2.45. The molecule has 1 aliphatic heterocycles. The van der Waals surface area contributed by atoms with Crippen LogP contribution in [-0.2, 0) is 21.7 Å². The molecule has 2 fully saturated rings. The third-order valence-corrected chi connectivity index (χ3v) is 4.46. The van der Waals surface area contributed by atoms with Crippen molar-refractivity contribution >= 4 is 0 Å². The minimum absolute atomic E-state index is 0.0648. The fourth-order valence-electron chi connectivity index (χ4n) is 3.17. The lowest BCUT2D eigenvalue weighted by atomic mass is 9.76. The maximum absolute atomic E-state index is 14.1. The van der Waals surface area contributed by atoms with Crippen LogP contribution in [0.1, 0.15) is 36.8 Å². The molecule has 6 heteroatoms. The molecule has 0 aromatic heterocycles. The van der Waals surface area contributed by atoms with Crippen molar-refractivity contribution in [1.29, 1.82) is 0 Å². The molecular formula is C15H18F2O4. The molecule has 1 saturated heterocycles. The number of hydrogen-bond donors (Lipinski definition) is 2. The largest absolute Gasteiger partial charge is 0.392 e. The summed E-state index contributed by atoms with van der Waals surface area (Å²) in [5.74, 6) is -2.09. The van der Waals surface area contributed by atoms with Crippen molar-refractivity contribution in [2.24, 2.45) is 0 Å². The zero-order valence-corrected chi connectivity index (χ0v) is 11.6. The van der Waals surface area contributed by atoms with E-state index in [2.05, 4.69) is 0 Å². The van der Waals surface area contributed by atoms with E-state index in [9.17, 15) is 13.9 Å². The van der Waals surface area contributed by atoms with E-state index in [1.807, 2.05) is 0 Å². The summed E-state index contributed by atoms with van der Waals surface area (Å²) >= 11 is 0. The van der Waals surface area contributed by atoms with E-state index in [0.717, 1.165) is 12.1 Å². The third-order valence-electron chi connectivity index (χ3n) is 4.46. The van der Waals surface area contributed by atoms with Gasteiger partial charge in [0.05, 0.1) is 25.4 Å². The average Bonchev–Trinajstić information content (AvgIpc) is 2.93. The van der Waals surface area contributed by atoms with Crippen molar-refractivity contribution in [2.45, 2.75) is 43.7 Å². The normalized spacial score (nSPS) is 23.6. The second-order valence-electron chi connectivity index (χ2n) is 5.72. The molecule has 1 aromatic rings. The Balaban J connectivity index is 1.85. The molecular weight excluding hydrogens is 282 g/mol. The van der Waals surface area contributed by atoms with Gasteiger partial charge in [-0.05, 0) is 25.0 Å². The minimum Gasteiger partial charge on any atom is -0.392 e. The van der Waals surface area contributed by atoms with Gasteiger partial charge in [-0.25, -0.2) is 8.78 Å². The van der Waals surface area contributed by atoms with Gasteiger partial charge < -0.3 is 19.7 Å². The van der Waals surface area contributed by atoms with Crippen LogP contribution in [0.4, 0.5) is 8.78 Å². The van der Waals surface area contributed by atoms with Crippen molar-refractivity contribution in [1.82, 2.24) is 0 Å². The molecule has 1 aromatic carbocycles. The van der Waals surface area contributed by atoms with Gasteiger partial charge in [0, 0.05) is 24.0 Å². The van der Waals surface area contributed by atoms with Gasteiger partial charge in [-0.3, -0.25) is 0 Å². The number of halogens is 2. The average molecular weight is 300 g/mol. The van der Waals surface area contributed by atoms with Crippen LogP contribution < -0.4 is 0 Å². The van der Waals surface area contributed by atoms with E-state index in [0.29, 0.717) is 26.1 Å². The topological polar surface area (TPSA) is 58.9 Å². The number of rotatable bonds is 2. The monoisotopic (exact) mass is 300 g/mol. The molecule has 1 heterocycles. The highest BCUT2D eigenvalue weighted by atomic mass is 19.1. The highest BCUT2D eigenvalue weighted by molar-refractivity contribution is 5.30. The summed E-state index contributed by atoms with van der Waals surface area (Å²) in [6, 6.07) is 1.92. The lowest BCUT2D eigenvalue weighted by molar-refractivity contribution is -0.204. The van der Waals surface area contributed by atoms with E-state index in [1.165, 1.54) is 0 Å². The summed E-state index contributed by atoms with van der Waals surface area (Å²) in [5.41, 5.74) is -1.61. The van der Waals surface area contributed by atoms with Crippen LogP contribution in [0.2, 0.25) is 0 Å². The SMILES string of the molecule is OCc1cc(F)c(C2(O)CCC3(CC2)OCCO3)cc1F. The van der Waals surface area contributed by atoms with E-state index < -0.39 is 29.6 Å². The Bertz CT molecular complexity index is 531. The number of benzene rings is 1. The first-order valence-electron chi connectivity index (χ1n) is 7.08. The third kappa shape index (κ3) is 2.57. The van der Waals surface area contributed by atoms with Gasteiger partial charge in [0.1, 0.15) is 11.6 Å². The lowest BCUT2D eigenvalue weighted by Crippen LogP contribution is -2.42. The van der Waals surface area contributed by atoms with Crippen molar-refractivity contribution in [3.8, 4) is 0 Å². The fourth-order valence-corrected chi connectivity index (χ4v) is 3.17. The molecule has 1 aliphatic carbocycles. The lowest BCUT2D eigenvalue weighted by Gasteiger charge is -2.40. The zero-order valence-electron chi connectivity index (χ0n) is 11.6. The number of hydrogen-bond acceptors (Lipinski definition) is 4. The second-order valence-corrected chi connectivity index (χ2v) is 5.72. The van der Waals surface area contributed by atoms with Crippen LogP contribution in [0.5, 0.6) is 0 Å². The van der Waals surface area contributed by atoms with Crippen LogP contribution in [0.25, 0.3) is 0 Å². The van der Waals surface area contributed by atoms with Gasteiger partial charge in [-0.1, -0.05) is 0 Å². The standard InChI is InChI=1S/C15H18F2O4/c16-12-8-11(13(17)7-10(12)9-18)14(19)1-3-15(4-2-14)20-5-6-21-15/h7-8,18-19H,1-6,9H2. The first-order chi connectivity index (χ1) is 9.98. The quantitative estimate of drug-likeness (QED) is 0.876. The summed E-state index contributed by atoms with van der Waals surface area (Å²) in [5, 5.41) is 19.6. The van der Waals surface area contributed by atoms with Gasteiger partial charge in [0.15, 0.2) is 5.79 Å². The molecule has 0 unspecified atom stereocenters. The fraction of sp³-hybridized carbons (Fsp3) is 0.600. The molecule has 2 aliphatic rings. The molecule has 0 atom stereocenters. The number of ether oxygens (including phenoxy) is 2. The van der Waals surface area contributed by atoms with Gasteiger partial charge >= 0.3 is 0 Å². The summed E-state index contributed by atoms with van der Waals surface area (Å²) in [6.07, 6.45) is 1.35. The van der Waals surface area contributed by atoms with Crippen LogP contribution in [-0.4, -0.2) is 29.2 Å². The van der Waals surface area contributed by atoms with E-state index in [4.69, 9.17) is 14.6 Å². The predicted molar refractivity (Wildman–Crippen MR) is 69.3 cm³/mol. The number of aliphatic hydroxyl groups is 2.